The van der Waals surface area contributed by atoms with Gasteiger partial charge in [0, 0.05) is 13.5 Å². The van der Waals surface area contributed by atoms with Crippen molar-refractivity contribution < 1.29 is 9.32 Å². The van der Waals surface area contributed by atoms with Gasteiger partial charge in [0.1, 0.15) is 0 Å². The first kappa shape index (κ1) is 11.6. The van der Waals surface area contributed by atoms with E-state index in [-0.39, 0.29) is 11.8 Å². The number of hydrogen-bond acceptors (Lipinski definition) is 4. The molecule has 1 amide bonds. The highest BCUT2D eigenvalue weighted by Gasteiger charge is 2.11. The fourth-order valence-electron chi connectivity index (χ4n) is 0.597. The van der Waals surface area contributed by atoms with Gasteiger partial charge in [0.05, 0.1) is 0 Å². The largest absolute Gasteiger partial charge is 0.351 e. The summed E-state index contributed by atoms with van der Waals surface area (Å²) in [6.07, 6.45) is 0.667. The van der Waals surface area contributed by atoms with E-state index in [2.05, 4.69) is 20.0 Å². The van der Waals surface area contributed by atoms with Crippen LogP contribution in [0.5, 0.6) is 0 Å². The van der Waals surface area contributed by atoms with Crippen molar-refractivity contribution in [1.82, 2.24) is 15.5 Å². The number of aryl methyl sites for hydroxylation is 1. The molecule has 0 aliphatic heterocycles. The molecule has 1 aromatic rings. The average Bonchev–Trinajstić information content (AvgIpc) is 2.68. The van der Waals surface area contributed by atoms with Crippen molar-refractivity contribution in [2.75, 3.05) is 7.05 Å². The smallest absolute Gasteiger partial charge is 0.315 e. The Morgan fingerprint density at radius 2 is 2.15 bits per heavy atom. The van der Waals surface area contributed by atoms with Gasteiger partial charge >= 0.3 is 11.8 Å². The fourth-order valence-corrected chi connectivity index (χ4v) is 0.597. The van der Waals surface area contributed by atoms with E-state index in [0.717, 1.165) is 0 Å². The first-order valence-corrected chi connectivity index (χ1v) is 4.32. The molecule has 13 heavy (non-hydrogen) atoms. The molecule has 74 valence electrons. The van der Waals surface area contributed by atoms with Crippen LogP contribution in [0, 0.1) is 0 Å². The van der Waals surface area contributed by atoms with Crippen molar-refractivity contribution in [2.45, 2.75) is 27.2 Å². The lowest BCUT2D eigenvalue weighted by molar-refractivity contribution is 0.0919. The van der Waals surface area contributed by atoms with Crippen LogP contribution in [0.15, 0.2) is 4.52 Å². The molecule has 5 nitrogen and oxygen atoms in total. The highest BCUT2D eigenvalue weighted by molar-refractivity contribution is 5.89. The molecular formula is C8H15N3O2. The lowest BCUT2D eigenvalue weighted by atomic mass is 10.5. The maximum atomic E-state index is 10.8. The fraction of sp³-hybridized carbons (Fsp3) is 0.625. The highest BCUT2D eigenvalue weighted by Crippen LogP contribution is 1.96. The molecule has 0 saturated carbocycles. The topological polar surface area (TPSA) is 68.0 Å². The first-order valence-electron chi connectivity index (χ1n) is 4.32. The number of aromatic nitrogens is 2. The number of nitrogens with one attached hydrogen (secondary N) is 1. The quantitative estimate of drug-likeness (QED) is 0.746. The maximum absolute atomic E-state index is 10.8. The Morgan fingerprint density at radius 3 is 2.54 bits per heavy atom. The van der Waals surface area contributed by atoms with Crippen LogP contribution in [-0.4, -0.2) is 23.1 Å². The molecule has 1 heterocycles. The van der Waals surface area contributed by atoms with Crippen LogP contribution in [0.3, 0.4) is 0 Å². The Balaban J connectivity index is 0.000000671. The third-order valence-electron chi connectivity index (χ3n) is 1.21. The van der Waals surface area contributed by atoms with E-state index in [9.17, 15) is 4.79 Å². The Morgan fingerprint density at radius 1 is 1.54 bits per heavy atom. The SMILES string of the molecule is CC.CCc1noc(C(=O)NC)n1. The van der Waals surface area contributed by atoms with Gasteiger partial charge in [-0.2, -0.15) is 4.98 Å². The van der Waals surface area contributed by atoms with Crippen LogP contribution in [-0.2, 0) is 6.42 Å². The second-order valence-corrected chi connectivity index (χ2v) is 1.95. The van der Waals surface area contributed by atoms with E-state index in [0.29, 0.717) is 12.2 Å². The molecule has 0 unspecified atom stereocenters. The van der Waals surface area contributed by atoms with E-state index < -0.39 is 0 Å². The lowest BCUT2D eigenvalue weighted by Crippen LogP contribution is -2.18. The summed E-state index contributed by atoms with van der Waals surface area (Å²) in [6.45, 7) is 5.89. The lowest BCUT2D eigenvalue weighted by Gasteiger charge is -1.87. The molecule has 1 rings (SSSR count). The summed E-state index contributed by atoms with van der Waals surface area (Å²) >= 11 is 0. The predicted octanol–water partition coefficient (Wildman–Crippen LogP) is 1.02. The second-order valence-electron chi connectivity index (χ2n) is 1.95. The number of hydrogen-bond donors (Lipinski definition) is 1. The van der Waals surface area contributed by atoms with E-state index in [1.807, 2.05) is 20.8 Å². The monoisotopic (exact) mass is 185 g/mol. The van der Waals surface area contributed by atoms with Gasteiger partial charge in [-0.25, -0.2) is 0 Å². The molecule has 0 atom stereocenters. The van der Waals surface area contributed by atoms with E-state index >= 15 is 0 Å². The summed E-state index contributed by atoms with van der Waals surface area (Å²) < 4.78 is 4.64. The van der Waals surface area contributed by atoms with Crippen LogP contribution in [0.4, 0.5) is 0 Å². The Bertz CT molecular complexity index is 258. The van der Waals surface area contributed by atoms with Gasteiger partial charge in [-0.15, -0.1) is 0 Å². The van der Waals surface area contributed by atoms with Gasteiger partial charge < -0.3 is 9.84 Å². The van der Waals surface area contributed by atoms with Gasteiger partial charge in [0.2, 0.25) is 0 Å². The molecular weight excluding hydrogens is 170 g/mol. The highest BCUT2D eigenvalue weighted by atomic mass is 16.5. The number of amides is 1. The minimum Gasteiger partial charge on any atom is -0.351 e. The Labute approximate surface area is 77.5 Å². The van der Waals surface area contributed by atoms with E-state index in [1.165, 1.54) is 7.05 Å². The standard InChI is InChI=1S/C6H9N3O2.C2H6/c1-3-4-8-6(11-9-4)5(10)7-2;1-2/h3H2,1-2H3,(H,7,10);1-2H3. The Hall–Kier alpha value is -1.39. The normalized spacial score (nSPS) is 8.62. The van der Waals surface area contributed by atoms with Crippen molar-refractivity contribution in [2.24, 2.45) is 0 Å². The van der Waals surface area contributed by atoms with Crippen molar-refractivity contribution >= 4 is 5.91 Å². The molecule has 0 aliphatic carbocycles. The van der Waals surface area contributed by atoms with E-state index in [4.69, 9.17) is 0 Å². The number of carbonyl (C=O) groups excluding carboxylic acids is 1. The van der Waals surface area contributed by atoms with Crippen LogP contribution in [0.1, 0.15) is 37.3 Å². The number of rotatable bonds is 2. The predicted molar refractivity (Wildman–Crippen MR) is 48.4 cm³/mol. The van der Waals surface area contributed by atoms with Gasteiger partial charge in [-0.3, -0.25) is 4.79 Å². The molecule has 0 saturated heterocycles. The summed E-state index contributed by atoms with van der Waals surface area (Å²) in [7, 11) is 1.51. The first-order chi connectivity index (χ1) is 6.27. The molecule has 0 bridgehead atoms. The molecule has 0 spiro atoms. The minimum atomic E-state index is -0.350. The van der Waals surface area contributed by atoms with Crippen LogP contribution >= 0.6 is 0 Å². The molecule has 0 aromatic carbocycles. The van der Waals surface area contributed by atoms with Crippen molar-refractivity contribution in [3.63, 3.8) is 0 Å². The van der Waals surface area contributed by atoms with E-state index in [1.54, 1.807) is 0 Å². The summed E-state index contributed by atoms with van der Waals surface area (Å²) in [4.78, 5) is 14.6. The van der Waals surface area contributed by atoms with Crippen LogP contribution in [0.25, 0.3) is 0 Å². The molecule has 1 N–H and O–H groups in total. The molecule has 1 aromatic heterocycles. The molecule has 0 fully saturated rings. The maximum Gasteiger partial charge on any atom is 0.315 e. The van der Waals surface area contributed by atoms with Gasteiger partial charge in [0.15, 0.2) is 5.82 Å². The average molecular weight is 185 g/mol. The minimum absolute atomic E-state index is 0.0179. The van der Waals surface area contributed by atoms with Gasteiger partial charge in [0.25, 0.3) is 0 Å². The zero-order valence-corrected chi connectivity index (χ0v) is 8.42. The third-order valence-corrected chi connectivity index (χ3v) is 1.21. The summed E-state index contributed by atoms with van der Waals surface area (Å²) in [6, 6.07) is 0. The molecule has 5 heteroatoms. The molecule has 0 radical (unpaired) electrons. The van der Waals surface area contributed by atoms with Crippen molar-refractivity contribution in [3.05, 3.63) is 11.7 Å². The zero-order valence-electron chi connectivity index (χ0n) is 8.42. The zero-order chi connectivity index (χ0) is 10.3. The van der Waals surface area contributed by atoms with Crippen LogP contribution < -0.4 is 5.32 Å². The number of carbonyl (C=O) groups is 1. The summed E-state index contributed by atoms with van der Waals surface area (Å²) in [5.41, 5.74) is 0. The third kappa shape index (κ3) is 3.23. The second kappa shape index (κ2) is 6.16. The summed E-state index contributed by atoms with van der Waals surface area (Å²) in [5, 5.41) is 5.94. The van der Waals surface area contributed by atoms with Crippen LogP contribution in [0.2, 0.25) is 0 Å². The van der Waals surface area contributed by atoms with Crippen molar-refractivity contribution in [1.29, 1.82) is 0 Å². The molecule has 0 aliphatic rings. The van der Waals surface area contributed by atoms with Gasteiger partial charge in [-0.05, 0) is 0 Å². The Kier molecular flexibility index (Phi) is 5.50. The van der Waals surface area contributed by atoms with Gasteiger partial charge in [-0.1, -0.05) is 25.9 Å². The summed E-state index contributed by atoms with van der Waals surface area (Å²) in [5.74, 6) is 0.213. The number of nitrogens with zero attached hydrogens (tertiary/aromatic N) is 2. The van der Waals surface area contributed by atoms with Crippen molar-refractivity contribution in [3.8, 4) is 0 Å².